The van der Waals surface area contributed by atoms with Crippen LogP contribution in [0, 0.1) is 12.8 Å². The number of aromatic nitrogens is 3. The Hall–Kier alpha value is -2.45. The van der Waals surface area contributed by atoms with Crippen molar-refractivity contribution in [2.24, 2.45) is 5.92 Å². The first-order chi connectivity index (χ1) is 13.1. The average molecular weight is 386 g/mol. The number of hydrogen-bond acceptors (Lipinski definition) is 7. The number of esters is 1. The summed E-state index contributed by atoms with van der Waals surface area (Å²) in [6, 6.07) is 8.26. The van der Waals surface area contributed by atoms with Gasteiger partial charge in [0.1, 0.15) is 6.33 Å². The third kappa shape index (κ3) is 3.30. The number of carbonyl (C=O) groups is 1. The number of carbonyl (C=O) groups excluding carboxylic acids is 1. The minimum absolute atomic E-state index is 0.0548. The van der Waals surface area contributed by atoms with E-state index in [1.165, 1.54) is 34.9 Å². The highest BCUT2D eigenvalue weighted by Gasteiger charge is 2.33. The van der Waals surface area contributed by atoms with Crippen molar-refractivity contribution in [2.75, 3.05) is 20.2 Å². The Morgan fingerprint density at radius 2 is 2.00 bits per heavy atom. The molecule has 0 radical (unpaired) electrons. The van der Waals surface area contributed by atoms with Crippen molar-refractivity contribution >= 4 is 22.3 Å². The molecule has 3 heterocycles. The van der Waals surface area contributed by atoms with E-state index in [0.29, 0.717) is 4.96 Å². The van der Waals surface area contributed by atoms with E-state index in [1.807, 2.05) is 0 Å². The van der Waals surface area contributed by atoms with Gasteiger partial charge < -0.3 is 9.84 Å². The average Bonchev–Trinajstić information content (AvgIpc) is 3.27. The molecule has 0 saturated carbocycles. The third-order valence-electron chi connectivity index (χ3n) is 5.21. The molecule has 142 valence electrons. The monoisotopic (exact) mass is 386 g/mol. The van der Waals surface area contributed by atoms with Crippen LogP contribution in [0.1, 0.15) is 34.9 Å². The van der Waals surface area contributed by atoms with Crippen LogP contribution in [-0.4, -0.2) is 50.8 Å². The van der Waals surface area contributed by atoms with Crippen molar-refractivity contribution < 1.29 is 14.6 Å². The summed E-state index contributed by atoms with van der Waals surface area (Å²) in [4.78, 5) is 19.9. The smallest absolute Gasteiger partial charge is 0.308 e. The van der Waals surface area contributed by atoms with E-state index in [2.05, 4.69) is 46.2 Å². The summed E-state index contributed by atoms with van der Waals surface area (Å²) in [6.45, 7) is 3.57. The van der Waals surface area contributed by atoms with E-state index in [1.54, 1.807) is 0 Å². The van der Waals surface area contributed by atoms with Gasteiger partial charge in [-0.05, 0) is 38.4 Å². The minimum Gasteiger partial charge on any atom is -0.492 e. The second-order valence-corrected chi connectivity index (χ2v) is 7.90. The Balaban J connectivity index is 1.69. The van der Waals surface area contributed by atoms with Gasteiger partial charge in [0, 0.05) is 0 Å². The van der Waals surface area contributed by atoms with Crippen LogP contribution >= 0.6 is 11.3 Å². The number of fused-ring (bicyclic) bond motifs is 1. The number of hydrogen-bond donors (Lipinski definition) is 1. The largest absolute Gasteiger partial charge is 0.492 e. The summed E-state index contributed by atoms with van der Waals surface area (Å²) in [5, 5.41) is 14.9. The van der Waals surface area contributed by atoms with Crippen LogP contribution in [-0.2, 0) is 9.53 Å². The van der Waals surface area contributed by atoms with Crippen LogP contribution in [0.5, 0.6) is 5.88 Å². The van der Waals surface area contributed by atoms with Gasteiger partial charge in [0.2, 0.25) is 10.8 Å². The number of thiazole rings is 1. The topological polar surface area (TPSA) is 80.0 Å². The number of methoxy groups -OCH3 is 1. The molecule has 0 unspecified atom stereocenters. The van der Waals surface area contributed by atoms with Gasteiger partial charge in [-0.2, -0.15) is 9.61 Å². The molecule has 8 heteroatoms. The first-order valence-electron chi connectivity index (χ1n) is 8.98. The number of ether oxygens (including phenoxy) is 1. The van der Waals surface area contributed by atoms with Crippen LogP contribution in [0.25, 0.3) is 4.96 Å². The number of aryl methyl sites for hydroxylation is 1. The molecule has 0 amide bonds. The van der Waals surface area contributed by atoms with Crippen LogP contribution in [0.4, 0.5) is 0 Å². The number of rotatable bonds is 4. The van der Waals surface area contributed by atoms with E-state index >= 15 is 0 Å². The Labute approximate surface area is 161 Å². The van der Waals surface area contributed by atoms with Gasteiger partial charge in [-0.1, -0.05) is 41.2 Å². The molecule has 0 bridgehead atoms. The van der Waals surface area contributed by atoms with Gasteiger partial charge >= 0.3 is 5.97 Å². The fourth-order valence-electron chi connectivity index (χ4n) is 3.71. The molecule has 27 heavy (non-hydrogen) atoms. The molecule has 1 aromatic carbocycles. The van der Waals surface area contributed by atoms with Crippen LogP contribution in [0.3, 0.4) is 0 Å². The van der Waals surface area contributed by atoms with Crippen molar-refractivity contribution in [1.82, 2.24) is 19.5 Å². The first kappa shape index (κ1) is 17.9. The lowest BCUT2D eigenvalue weighted by atomic mass is 9.93. The summed E-state index contributed by atoms with van der Waals surface area (Å²) >= 11 is 1.45. The number of benzene rings is 1. The quantitative estimate of drug-likeness (QED) is 0.695. The van der Waals surface area contributed by atoms with Crippen molar-refractivity contribution in [3.8, 4) is 5.88 Å². The molecule has 1 saturated heterocycles. The van der Waals surface area contributed by atoms with Gasteiger partial charge in [0.25, 0.3) is 0 Å². The van der Waals surface area contributed by atoms with Crippen molar-refractivity contribution in [2.45, 2.75) is 25.8 Å². The molecule has 7 nitrogen and oxygen atoms in total. The Bertz CT molecular complexity index is 942. The molecule has 3 aromatic rings. The van der Waals surface area contributed by atoms with Gasteiger partial charge in [-0.15, -0.1) is 0 Å². The van der Waals surface area contributed by atoms with Gasteiger partial charge in [-0.3, -0.25) is 9.69 Å². The highest BCUT2D eigenvalue weighted by molar-refractivity contribution is 7.17. The maximum atomic E-state index is 11.9. The van der Waals surface area contributed by atoms with Crippen LogP contribution < -0.4 is 0 Å². The Morgan fingerprint density at radius 3 is 2.63 bits per heavy atom. The van der Waals surface area contributed by atoms with Crippen molar-refractivity contribution in [3.63, 3.8) is 0 Å². The molecular weight excluding hydrogens is 364 g/mol. The van der Waals surface area contributed by atoms with Crippen LogP contribution in [0.15, 0.2) is 30.6 Å². The number of piperidine rings is 1. The predicted molar refractivity (Wildman–Crippen MR) is 102 cm³/mol. The van der Waals surface area contributed by atoms with E-state index < -0.39 is 0 Å². The zero-order valence-electron chi connectivity index (χ0n) is 15.3. The fraction of sp³-hybridized carbons (Fsp3) is 0.421. The first-order valence-corrected chi connectivity index (χ1v) is 9.80. The van der Waals surface area contributed by atoms with E-state index in [4.69, 9.17) is 4.74 Å². The van der Waals surface area contributed by atoms with Gasteiger partial charge in [0.15, 0.2) is 0 Å². The molecule has 1 aliphatic rings. The molecule has 0 spiro atoms. The Morgan fingerprint density at radius 1 is 1.30 bits per heavy atom. The maximum absolute atomic E-state index is 11.9. The predicted octanol–water partition coefficient (Wildman–Crippen LogP) is 2.78. The summed E-state index contributed by atoms with van der Waals surface area (Å²) in [5.74, 6) is -0.0582. The zero-order chi connectivity index (χ0) is 19.0. The normalized spacial score (nSPS) is 17.3. The molecule has 1 fully saturated rings. The summed E-state index contributed by atoms with van der Waals surface area (Å²) in [7, 11) is 1.44. The summed E-state index contributed by atoms with van der Waals surface area (Å²) in [6.07, 6.45) is 2.94. The fourth-order valence-corrected chi connectivity index (χ4v) is 4.80. The molecule has 1 atom stereocenters. The number of likely N-dealkylation sites (tertiary alicyclic amines) is 1. The SMILES string of the molecule is COC(=O)C1CCN([C@H](c2ccc(C)cc2)c2sc3ncnn3c2O)CC1. The molecule has 1 aliphatic heterocycles. The molecular formula is C19H22N4O3S. The van der Waals surface area contributed by atoms with Gasteiger partial charge in [0.05, 0.1) is 23.9 Å². The summed E-state index contributed by atoms with van der Waals surface area (Å²) in [5.41, 5.74) is 2.30. The lowest BCUT2D eigenvalue weighted by Crippen LogP contribution is -2.39. The number of nitrogens with zero attached hydrogens (tertiary/aromatic N) is 4. The highest BCUT2D eigenvalue weighted by Crippen LogP contribution is 2.41. The molecule has 1 N–H and O–H groups in total. The standard InChI is InChI=1S/C19H22N4O3S/c1-12-3-5-13(6-4-12)15(16-17(24)23-19(27-16)20-11-21-23)22-9-7-14(8-10-22)18(25)26-2/h3-6,11,14-15,24H,7-10H2,1-2H3/t15-/m1/s1. The van der Waals surface area contributed by atoms with Crippen LogP contribution in [0.2, 0.25) is 0 Å². The molecule has 4 rings (SSSR count). The van der Waals surface area contributed by atoms with Crippen molar-refractivity contribution in [3.05, 3.63) is 46.6 Å². The van der Waals surface area contributed by atoms with E-state index in [-0.39, 0.29) is 23.8 Å². The second-order valence-electron chi connectivity index (χ2n) is 6.89. The van der Waals surface area contributed by atoms with Crippen molar-refractivity contribution in [1.29, 1.82) is 0 Å². The molecule has 2 aromatic heterocycles. The van der Waals surface area contributed by atoms with E-state index in [0.717, 1.165) is 36.4 Å². The lowest BCUT2D eigenvalue weighted by molar-refractivity contribution is -0.147. The van der Waals surface area contributed by atoms with E-state index in [9.17, 15) is 9.90 Å². The molecule has 0 aliphatic carbocycles. The highest BCUT2D eigenvalue weighted by atomic mass is 32.1. The third-order valence-corrected chi connectivity index (χ3v) is 6.30. The summed E-state index contributed by atoms with van der Waals surface area (Å²) < 4.78 is 6.38. The maximum Gasteiger partial charge on any atom is 0.308 e. The minimum atomic E-state index is -0.136. The lowest BCUT2D eigenvalue weighted by Gasteiger charge is -2.36. The zero-order valence-corrected chi connectivity index (χ0v) is 16.1. The second kappa shape index (κ2) is 7.28. The number of aromatic hydroxyl groups is 1. The van der Waals surface area contributed by atoms with Gasteiger partial charge in [-0.25, -0.2) is 4.98 Å². The Kier molecular flexibility index (Phi) is 4.84.